The van der Waals surface area contributed by atoms with Crippen molar-refractivity contribution in [2.24, 2.45) is 5.92 Å². The smallest absolute Gasteiger partial charge is 0.240 e. The van der Waals surface area contributed by atoms with Crippen molar-refractivity contribution in [3.8, 4) is 0 Å². The molecule has 4 N–H and O–H groups in total. The lowest BCUT2D eigenvalue weighted by atomic mass is 10.0. The van der Waals surface area contributed by atoms with E-state index in [1.165, 1.54) is 37.5 Å². The summed E-state index contributed by atoms with van der Waals surface area (Å²) in [5.41, 5.74) is 7.20. The summed E-state index contributed by atoms with van der Waals surface area (Å²) in [6.45, 7) is 0.892. The largest absolute Gasteiger partial charge is 0.397 e. The molecular weight excluding hydrogens is 294 g/mol. The maximum Gasteiger partial charge on any atom is 0.240 e. The molecule has 0 bridgehead atoms. The second-order valence-electron chi connectivity index (χ2n) is 4.89. The normalized spacial score (nSPS) is 17.1. The number of hydrogen-bond acceptors (Lipinski definition) is 5. The lowest BCUT2D eigenvalue weighted by Crippen LogP contribution is -2.20. The Morgan fingerprint density at radius 1 is 1.35 bits per heavy atom. The second-order valence-corrected chi connectivity index (χ2v) is 8.00. The number of thioether (sulfide) groups is 1. The highest BCUT2D eigenvalue weighted by molar-refractivity contribution is 7.99. The first-order valence-corrected chi connectivity index (χ1v) is 9.31. The van der Waals surface area contributed by atoms with E-state index in [9.17, 15) is 8.42 Å². The molecule has 0 spiro atoms. The van der Waals surface area contributed by atoms with Gasteiger partial charge in [-0.2, -0.15) is 11.8 Å². The summed E-state index contributed by atoms with van der Waals surface area (Å²) >= 11 is 2.00. The highest BCUT2D eigenvalue weighted by Gasteiger charge is 2.15. The molecule has 0 atom stereocenters. The highest BCUT2D eigenvalue weighted by atomic mass is 32.2. The van der Waals surface area contributed by atoms with Crippen LogP contribution in [0.3, 0.4) is 0 Å². The van der Waals surface area contributed by atoms with Crippen LogP contribution in [0.25, 0.3) is 0 Å². The van der Waals surface area contributed by atoms with Gasteiger partial charge in [0.05, 0.1) is 16.3 Å². The van der Waals surface area contributed by atoms with E-state index in [-0.39, 0.29) is 4.90 Å². The van der Waals surface area contributed by atoms with Gasteiger partial charge in [0, 0.05) is 6.54 Å². The fourth-order valence-corrected chi connectivity index (χ4v) is 4.16. The van der Waals surface area contributed by atoms with E-state index in [2.05, 4.69) is 10.0 Å². The van der Waals surface area contributed by atoms with E-state index >= 15 is 0 Å². The van der Waals surface area contributed by atoms with Crippen LogP contribution in [0, 0.1) is 5.92 Å². The molecule has 112 valence electrons. The van der Waals surface area contributed by atoms with Gasteiger partial charge in [-0.15, -0.1) is 0 Å². The van der Waals surface area contributed by atoms with Crippen LogP contribution >= 0.6 is 11.8 Å². The third-order valence-corrected chi connectivity index (χ3v) is 5.98. The molecule has 5 nitrogen and oxygen atoms in total. The van der Waals surface area contributed by atoms with Gasteiger partial charge in [0.2, 0.25) is 10.0 Å². The molecule has 1 aromatic carbocycles. The molecule has 0 amide bonds. The van der Waals surface area contributed by atoms with Gasteiger partial charge >= 0.3 is 0 Å². The molecule has 1 heterocycles. The number of nitrogen functional groups attached to an aromatic ring is 1. The quantitative estimate of drug-likeness (QED) is 0.721. The Morgan fingerprint density at radius 3 is 2.65 bits per heavy atom. The van der Waals surface area contributed by atoms with E-state index in [4.69, 9.17) is 5.73 Å². The Bertz CT molecular complexity index is 555. The van der Waals surface area contributed by atoms with Gasteiger partial charge in [0.25, 0.3) is 0 Å². The minimum absolute atomic E-state index is 0.192. The number of sulfonamides is 1. The Labute approximate surface area is 124 Å². The maximum absolute atomic E-state index is 11.7. The average molecular weight is 315 g/mol. The molecule has 7 heteroatoms. The minimum Gasteiger partial charge on any atom is -0.397 e. The van der Waals surface area contributed by atoms with Gasteiger partial charge in [-0.3, -0.25) is 0 Å². The molecule has 0 saturated carbocycles. The molecule has 1 aliphatic heterocycles. The average Bonchev–Trinajstić information content (AvgIpc) is 2.47. The van der Waals surface area contributed by atoms with Gasteiger partial charge in [-0.1, -0.05) is 0 Å². The van der Waals surface area contributed by atoms with Gasteiger partial charge < -0.3 is 11.1 Å². The number of nitrogens with one attached hydrogen (secondary N) is 2. The summed E-state index contributed by atoms with van der Waals surface area (Å²) in [4.78, 5) is 0.192. The molecule has 1 fully saturated rings. The number of anilines is 2. The molecule has 0 aromatic heterocycles. The summed E-state index contributed by atoms with van der Waals surface area (Å²) in [5, 5.41) is 3.33. The van der Waals surface area contributed by atoms with Gasteiger partial charge in [0.1, 0.15) is 0 Å². The van der Waals surface area contributed by atoms with Crippen molar-refractivity contribution in [3.05, 3.63) is 18.2 Å². The van der Waals surface area contributed by atoms with Crippen molar-refractivity contribution in [2.75, 3.05) is 36.1 Å². The van der Waals surface area contributed by atoms with Crippen molar-refractivity contribution in [3.63, 3.8) is 0 Å². The van der Waals surface area contributed by atoms with Crippen molar-refractivity contribution in [2.45, 2.75) is 17.7 Å². The van der Waals surface area contributed by atoms with Crippen molar-refractivity contribution < 1.29 is 8.42 Å². The van der Waals surface area contributed by atoms with E-state index in [0.29, 0.717) is 11.6 Å². The van der Waals surface area contributed by atoms with Crippen LogP contribution in [0.15, 0.2) is 23.1 Å². The third kappa shape index (κ3) is 3.80. The molecule has 1 saturated heterocycles. The number of benzene rings is 1. The van der Waals surface area contributed by atoms with Crippen LogP contribution in [-0.2, 0) is 10.0 Å². The maximum atomic E-state index is 11.7. The van der Waals surface area contributed by atoms with Crippen LogP contribution in [-0.4, -0.2) is 33.5 Å². The zero-order valence-corrected chi connectivity index (χ0v) is 13.2. The summed E-state index contributed by atoms with van der Waals surface area (Å²) in [6, 6.07) is 4.79. The Hall–Kier alpha value is -0.920. The lowest BCUT2D eigenvalue weighted by Gasteiger charge is -2.22. The lowest BCUT2D eigenvalue weighted by molar-refractivity contribution is 0.516. The van der Waals surface area contributed by atoms with Gasteiger partial charge in [-0.05, 0) is 55.5 Å². The summed E-state index contributed by atoms with van der Waals surface area (Å²) in [6.07, 6.45) is 2.45. The molecule has 0 aliphatic carbocycles. The zero-order valence-electron chi connectivity index (χ0n) is 11.6. The highest BCUT2D eigenvalue weighted by Crippen LogP contribution is 2.26. The molecule has 0 unspecified atom stereocenters. The zero-order chi connectivity index (χ0) is 14.6. The predicted molar refractivity (Wildman–Crippen MR) is 85.6 cm³/mol. The fourth-order valence-electron chi connectivity index (χ4n) is 2.19. The van der Waals surface area contributed by atoms with Crippen LogP contribution in [0.2, 0.25) is 0 Å². The molecular formula is C13H21N3O2S2. The second kappa shape index (κ2) is 6.69. The molecule has 1 aliphatic rings. The van der Waals surface area contributed by atoms with Crippen molar-refractivity contribution in [1.29, 1.82) is 0 Å². The third-order valence-electron chi connectivity index (χ3n) is 3.52. The van der Waals surface area contributed by atoms with E-state index in [1.807, 2.05) is 11.8 Å². The first-order chi connectivity index (χ1) is 9.53. The van der Waals surface area contributed by atoms with Crippen LogP contribution < -0.4 is 15.8 Å². The van der Waals surface area contributed by atoms with Gasteiger partial charge in [0.15, 0.2) is 0 Å². The van der Waals surface area contributed by atoms with Crippen LogP contribution in [0.4, 0.5) is 11.4 Å². The molecule has 0 radical (unpaired) electrons. The van der Waals surface area contributed by atoms with Gasteiger partial charge in [-0.25, -0.2) is 13.1 Å². The fraction of sp³-hybridized carbons (Fsp3) is 0.538. The number of hydrogen-bond donors (Lipinski definition) is 3. The number of rotatable bonds is 5. The number of nitrogens with two attached hydrogens (primary N) is 1. The van der Waals surface area contributed by atoms with Crippen LogP contribution in [0.5, 0.6) is 0 Å². The van der Waals surface area contributed by atoms with E-state index < -0.39 is 10.0 Å². The SMILES string of the molecule is CNS(=O)(=O)c1ccc(NCC2CCSCC2)c(N)c1. The Kier molecular flexibility index (Phi) is 5.17. The van der Waals surface area contributed by atoms with Crippen molar-refractivity contribution >= 4 is 33.2 Å². The Morgan fingerprint density at radius 2 is 2.05 bits per heavy atom. The first kappa shape index (κ1) is 15.5. The Balaban J connectivity index is 2.02. The van der Waals surface area contributed by atoms with Crippen LogP contribution in [0.1, 0.15) is 12.8 Å². The summed E-state index contributed by atoms with van der Waals surface area (Å²) < 4.78 is 25.6. The van der Waals surface area contributed by atoms with E-state index in [1.54, 1.807) is 12.1 Å². The van der Waals surface area contributed by atoms with Crippen molar-refractivity contribution in [1.82, 2.24) is 4.72 Å². The minimum atomic E-state index is -3.43. The summed E-state index contributed by atoms with van der Waals surface area (Å²) in [7, 11) is -2.05. The monoisotopic (exact) mass is 315 g/mol. The first-order valence-electron chi connectivity index (χ1n) is 6.67. The predicted octanol–water partition coefficient (Wildman–Crippen LogP) is 1.73. The standard InChI is InChI=1S/C13H21N3O2S2/c1-15-20(17,18)11-2-3-13(12(14)8-11)16-9-10-4-6-19-7-5-10/h2-3,8,10,15-16H,4-7,9,14H2,1H3. The molecule has 20 heavy (non-hydrogen) atoms. The molecule has 1 aromatic rings. The molecule has 2 rings (SSSR count). The topological polar surface area (TPSA) is 84.2 Å². The van der Waals surface area contributed by atoms with E-state index in [0.717, 1.165) is 12.2 Å². The summed E-state index contributed by atoms with van der Waals surface area (Å²) in [5.74, 6) is 3.12.